The molecule has 1 aliphatic carbocycles. The topological polar surface area (TPSA) is 72.2 Å². The molecule has 6 heteroatoms. The van der Waals surface area contributed by atoms with Gasteiger partial charge in [-0.25, -0.2) is 4.98 Å². The van der Waals surface area contributed by atoms with Crippen molar-refractivity contribution in [3.05, 3.63) is 81.0 Å². The highest BCUT2D eigenvalue weighted by Gasteiger charge is 2.24. The lowest BCUT2D eigenvalue weighted by Gasteiger charge is -2.03. The van der Waals surface area contributed by atoms with E-state index in [0.29, 0.717) is 16.1 Å². The van der Waals surface area contributed by atoms with Crippen LogP contribution in [0.15, 0.2) is 64.0 Å². The van der Waals surface area contributed by atoms with Crippen LogP contribution in [-0.4, -0.2) is 10.9 Å². The van der Waals surface area contributed by atoms with Crippen molar-refractivity contribution in [2.24, 2.45) is 0 Å². The second-order valence-electron chi connectivity index (χ2n) is 6.05. The number of aromatic nitrogens is 1. The molecule has 4 aromatic rings. The molecule has 1 N–H and O–H groups in total. The highest BCUT2D eigenvalue weighted by molar-refractivity contribution is 7.16. The van der Waals surface area contributed by atoms with Crippen LogP contribution in [0.3, 0.4) is 0 Å². The number of rotatable bonds is 2. The van der Waals surface area contributed by atoms with Gasteiger partial charge in [-0.2, -0.15) is 0 Å². The van der Waals surface area contributed by atoms with Crippen LogP contribution < -0.4 is 10.7 Å². The minimum Gasteiger partial charge on any atom is -0.463 e. The first-order valence-corrected chi connectivity index (χ1v) is 8.92. The van der Waals surface area contributed by atoms with Crippen LogP contribution in [0.5, 0.6) is 0 Å². The van der Waals surface area contributed by atoms with Gasteiger partial charge in [0.2, 0.25) is 5.43 Å². The standard InChI is InChI=1S/C20H12N2O3S/c23-18-13-7-3-4-8-15(13)25-10-14(18)19(24)22-20-21-17-12-6-2-1-5-11(12)9-16(17)26-20/h1-8,10H,9H2,(H,21,22,24). The van der Waals surface area contributed by atoms with Gasteiger partial charge in [0, 0.05) is 16.9 Å². The van der Waals surface area contributed by atoms with Crippen molar-refractivity contribution in [1.82, 2.24) is 4.98 Å². The molecule has 126 valence electrons. The largest absolute Gasteiger partial charge is 0.463 e. The lowest BCUT2D eigenvalue weighted by molar-refractivity contribution is 0.102. The van der Waals surface area contributed by atoms with E-state index in [1.165, 1.54) is 23.2 Å². The number of hydrogen-bond donors (Lipinski definition) is 1. The summed E-state index contributed by atoms with van der Waals surface area (Å²) in [4.78, 5) is 30.7. The van der Waals surface area contributed by atoms with Crippen molar-refractivity contribution in [3.63, 3.8) is 0 Å². The van der Waals surface area contributed by atoms with Crippen LogP contribution in [0.2, 0.25) is 0 Å². The van der Waals surface area contributed by atoms with Gasteiger partial charge in [0.1, 0.15) is 17.4 Å². The van der Waals surface area contributed by atoms with Crippen molar-refractivity contribution in [3.8, 4) is 11.3 Å². The Kier molecular flexibility index (Phi) is 3.26. The second-order valence-corrected chi connectivity index (χ2v) is 7.14. The lowest BCUT2D eigenvalue weighted by atomic mass is 10.1. The number of nitrogens with zero attached hydrogens (tertiary/aromatic N) is 1. The molecule has 0 radical (unpaired) electrons. The van der Waals surface area contributed by atoms with Crippen molar-refractivity contribution in [2.75, 3.05) is 5.32 Å². The molecular formula is C20H12N2O3S. The Morgan fingerprint density at radius 2 is 1.92 bits per heavy atom. The fourth-order valence-electron chi connectivity index (χ4n) is 3.21. The molecule has 0 bridgehead atoms. The number of hydrogen-bond acceptors (Lipinski definition) is 5. The molecule has 0 fully saturated rings. The Balaban J connectivity index is 1.48. The lowest BCUT2D eigenvalue weighted by Crippen LogP contribution is -2.21. The molecule has 0 atom stereocenters. The summed E-state index contributed by atoms with van der Waals surface area (Å²) in [5.41, 5.74) is 3.34. The van der Waals surface area contributed by atoms with Crippen molar-refractivity contribution < 1.29 is 9.21 Å². The summed E-state index contributed by atoms with van der Waals surface area (Å²) in [7, 11) is 0. The van der Waals surface area contributed by atoms with E-state index in [-0.39, 0.29) is 11.0 Å². The number of benzene rings is 2. The molecule has 26 heavy (non-hydrogen) atoms. The summed E-state index contributed by atoms with van der Waals surface area (Å²) >= 11 is 1.44. The fraction of sp³-hybridized carbons (Fsp3) is 0.0500. The van der Waals surface area contributed by atoms with E-state index in [4.69, 9.17) is 4.42 Å². The number of anilines is 1. The second kappa shape index (κ2) is 5.64. The first-order valence-electron chi connectivity index (χ1n) is 8.10. The Bertz CT molecular complexity index is 1240. The van der Waals surface area contributed by atoms with Gasteiger partial charge in [-0.15, -0.1) is 11.3 Å². The predicted octanol–water partition coefficient (Wildman–Crippen LogP) is 4.07. The molecule has 1 amide bonds. The highest BCUT2D eigenvalue weighted by atomic mass is 32.1. The molecule has 0 unspecified atom stereocenters. The SMILES string of the molecule is O=C(Nc1nc2c(s1)Cc1ccccc1-2)c1coc2ccccc2c1=O. The summed E-state index contributed by atoms with van der Waals surface area (Å²) in [6.07, 6.45) is 2.02. The Morgan fingerprint density at radius 1 is 1.12 bits per heavy atom. The zero-order valence-corrected chi connectivity index (χ0v) is 14.3. The van der Waals surface area contributed by atoms with Gasteiger partial charge in [0.15, 0.2) is 5.13 Å². The van der Waals surface area contributed by atoms with Gasteiger partial charge in [0.05, 0.1) is 11.1 Å². The molecule has 0 aliphatic heterocycles. The van der Waals surface area contributed by atoms with E-state index < -0.39 is 5.91 Å². The van der Waals surface area contributed by atoms with Gasteiger partial charge >= 0.3 is 0 Å². The van der Waals surface area contributed by atoms with Crippen LogP contribution in [0.25, 0.3) is 22.2 Å². The van der Waals surface area contributed by atoms with Crippen LogP contribution in [0, 0.1) is 0 Å². The first-order chi connectivity index (χ1) is 12.7. The summed E-state index contributed by atoms with van der Waals surface area (Å²) in [5.74, 6) is -0.509. The Morgan fingerprint density at radius 3 is 2.85 bits per heavy atom. The minimum atomic E-state index is -0.509. The number of amides is 1. The maximum atomic E-state index is 12.5. The van der Waals surface area contributed by atoms with Gasteiger partial charge < -0.3 is 4.42 Å². The van der Waals surface area contributed by atoms with Crippen LogP contribution in [0.4, 0.5) is 5.13 Å². The van der Waals surface area contributed by atoms with Gasteiger partial charge in [-0.3, -0.25) is 14.9 Å². The Hall–Kier alpha value is -3.25. The van der Waals surface area contributed by atoms with Crippen LogP contribution in [-0.2, 0) is 6.42 Å². The van der Waals surface area contributed by atoms with E-state index in [1.54, 1.807) is 24.3 Å². The number of para-hydroxylation sites is 1. The molecular weight excluding hydrogens is 348 g/mol. The monoisotopic (exact) mass is 360 g/mol. The molecule has 0 saturated heterocycles. The third kappa shape index (κ3) is 2.27. The minimum absolute atomic E-state index is 0.0283. The first kappa shape index (κ1) is 15.0. The fourth-order valence-corrected chi connectivity index (χ4v) is 4.21. The number of carbonyl (C=O) groups excluding carboxylic acids is 1. The normalized spacial score (nSPS) is 12.0. The highest BCUT2D eigenvalue weighted by Crippen LogP contribution is 2.40. The smallest absolute Gasteiger partial charge is 0.264 e. The average molecular weight is 360 g/mol. The maximum Gasteiger partial charge on any atom is 0.264 e. The number of nitrogens with one attached hydrogen (secondary N) is 1. The zero-order valence-electron chi connectivity index (χ0n) is 13.5. The summed E-state index contributed by atoms with van der Waals surface area (Å²) in [5, 5.41) is 3.61. The number of carbonyl (C=O) groups is 1. The summed E-state index contributed by atoms with van der Waals surface area (Å²) in [6.45, 7) is 0. The van der Waals surface area contributed by atoms with E-state index in [1.807, 2.05) is 18.2 Å². The maximum absolute atomic E-state index is 12.5. The van der Waals surface area contributed by atoms with Crippen LogP contribution >= 0.6 is 11.3 Å². The van der Waals surface area contributed by atoms with E-state index in [2.05, 4.69) is 16.4 Å². The molecule has 0 spiro atoms. The predicted molar refractivity (Wildman–Crippen MR) is 101 cm³/mol. The average Bonchev–Trinajstić information content (AvgIpc) is 3.19. The molecule has 2 aromatic carbocycles. The van der Waals surface area contributed by atoms with Gasteiger partial charge in [-0.1, -0.05) is 36.4 Å². The van der Waals surface area contributed by atoms with Crippen molar-refractivity contribution in [2.45, 2.75) is 6.42 Å². The summed E-state index contributed by atoms with van der Waals surface area (Å²) in [6, 6.07) is 15.0. The van der Waals surface area contributed by atoms with Gasteiger partial charge in [-0.05, 0) is 17.7 Å². The van der Waals surface area contributed by atoms with E-state index in [0.717, 1.165) is 22.6 Å². The van der Waals surface area contributed by atoms with Crippen molar-refractivity contribution >= 4 is 33.3 Å². The third-order valence-corrected chi connectivity index (χ3v) is 5.44. The van der Waals surface area contributed by atoms with Crippen LogP contribution in [0.1, 0.15) is 20.8 Å². The van der Waals surface area contributed by atoms with Gasteiger partial charge in [0.25, 0.3) is 5.91 Å². The molecule has 2 aromatic heterocycles. The summed E-state index contributed by atoms with van der Waals surface area (Å²) < 4.78 is 5.41. The Labute approximate surface area is 151 Å². The van der Waals surface area contributed by atoms with E-state index >= 15 is 0 Å². The molecule has 1 aliphatic rings. The zero-order chi connectivity index (χ0) is 17.7. The molecule has 0 saturated carbocycles. The quantitative estimate of drug-likeness (QED) is 0.515. The number of thiazole rings is 1. The van der Waals surface area contributed by atoms with Crippen molar-refractivity contribution in [1.29, 1.82) is 0 Å². The molecule has 5 rings (SSSR count). The molecule has 5 nitrogen and oxygen atoms in total. The molecule has 2 heterocycles. The van der Waals surface area contributed by atoms with E-state index in [9.17, 15) is 9.59 Å². The third-order valence-electron chi connectivity index (χ3n) is 4.47. The number of fused-ring (bicyclic) bond motifs is 4.